The van der Waals surface area contributed by atoms with Crippen LogP contribution in [0.2, 0.25) is 5.02 Å². The lowest BCUT2D eigenvalue weighted by molar-refractivity contribution is 0.0326. The summed E-state index contributed by atoms with van der Waals surface area (Å²) in [6, 6.07) is 13.2. The van der Waals surface area contributed by atoms with Gasteiger partial charge >= 0.3 is 0 Å². The van der Waals surface area contributed by atoms with Crippen LogP contribution < -0.4 is 0 Å². The first-order valence-electron chi connectivity index (χ1n) is 11.7. The van der Waals surface area contributed by atoms with Crippen molar-refractivity contribution in [3.8, 4) is 11.1 Å². The molecule has 3 aromatic carbocycles. The first-order chi connectivity index (χ1) is 16.4. The zero-order valence-electron chi connectivity index (χ0n) is 19.0. The average Bonchev–Trinajstić information content (AvgIpc) is 2.84. The van der Waals surface area contributed by atoms with Crippen molar-refractivity contribution in [1.29, 1.82) is 0 Å². The van der Waals surface area contributed by atoms with Gasteiger partial charge in [0.2, 0.25) is 0 Å². The molecule has 0 atom stereocenters. The van der Waals surface area contributed by atoms with E-state index in [1.807, 2.05) is 43.3 Å². The zero-order valence-corrected chi connectivity index (χ0v) is 19.8. The fourth-order valence-corrected chi connectivity index (χ4v) is 5.05. The molecular weight excluding hydrogens is 464 g/mol. The number of halogens is 5. The molecule has 0 unspecified atom stereocenters. The summed E-state index contributed by atoms with van der Waals surface area (Å²) >= 11 is 6.45. The topological polar surface area (TPSA) is 9.23 Å². The van der Waals surface area contributed by atoms with Crippen LogP contribution in [0.3, 0.4) is 0 Å². The van der Waals surface area contributed by atoms with E-state index in [4.69, 9.17) is 16.3 Å². The third kappa shape index (κ3) is 5.47. The van der Waals surface area contributed by atoms with Gasteiger partial charge in [0.05, 0.1) is 11.1 Å². The highest BCUT2D eigenvalue weighted by Crippen LogP contribution is 2.40. The molecule has 0 amide bonds. The maximum absolute atomic E-state index is 15.2. The number of rotatable bonds is 7. The van der Waals surface area contributed by atoms with Gasteiger partial charge in [-0.1, -0.05) is 48.0 Å². The quantitative estimate of drug-likeness (QED) is 0.238. The summed E-state index contributed by atoms with van der Waals surface area (Å²) in [4.78, 5) is 0. The molecule has 34 heavy (non-hydrogen) atoms. The van der Waals surface area contributed by atoms with E-state index in [2.05, 4.69) is 0 Å². The van der Waals surface area contributed by atoms with E-state index in [0.717, 1.165) is 48.9 Å². The molecule has 0 radical (unpaired) electrons. The predicted octanol–water partition coefficient (Wildman–Crippen LogP) is 8.41. The molecule has 0 N–H and O–H groups in total. The number of benzene rings is 3. The molecule has 0 aromatic heterocycles. The van der Waals surface area contributed by atoms with E-state index in [1.54, 1.807) is 0 Å². The lowest BCUT2D eigenvalue weighted by Crippen LogP contribution is -2.21. The lowest BCUT2D eigenvalue weighted by atomic mass is 9.82. The van der Waals surface area contributed by atoms with Gasteiger partial charge in [0, 0.05) is 12.2 Å². The maximum Gasteiger partial charge on any atom is 0.194 e. The Hall–Kier alpha value is -2.37. The Morgan fingerprint density at radius 1 is 0.794 bits per heavy atom. The molecule has 1 fully saturated rings. The van der Waals surface area contributed by atoms with Crippen molar-refractivity contribution in [1.82, 2.24) is 0 Å². The van der Waals surface area contributed by atoms with Gasteiger partial charge < -0.3 is 4.74 Å². The molecule has 0 bridgehead atoms. The minimum atomic E-state index is -1.46. The fraction of sp³-hybridized carbons (Fsp3) is 0.357. The molecule has 0 aliphatic heterocycles. The number of hydrogen-bond acceptors (Lipinski definition) is 1. The minimum absolute atomic E-state index is 0.120. The normalized spacial score (nSPS) is 18.3. The number of aryl methyl sites for hydroxylation is 2. The highest BCUT2D eigenvalue weighted by Gasteiger charge is 2.26. The Balaban J connectivity index is 1.44. The molecule has 6 heteroatoms. The highest BCUT2D eigenvalue weighted by atomic mass is 35.5. The van der Waals surface area contributed by atoms with Gasteiger partial charge in [-0.15, -0.1) is 0 Å². The Morgan fingerprint density at radius 2 is 1.41 bits per heavy atom. The van der Waals surface area contributed by atoms with Crippen molar-refractivity contribution in [2.45, 2.75) is 57.5 Å². The summed E-state index contributed by atoms with van der Waals surface area (Å²) in [7, 11) is 0. The maximum atomic E-state index is 15.2. The Morgan fingerprint density at radius 3 is 2.03 bits per heavy atom. The van der Waals surface area contributed by atoms with E-state index in [1.165, 1.54) is 0 Å². The number of ether oxygens (including phenoxy) is 1. The van der Waals surface area contributed by atoms with Crippen molar-refractivity contribution in [3.05, 3.63) is 93.5 Å². The average molecular weight is 491 g/mol. The van der Waals surface area contributed by atoms with Gasteiger partial charge in [0.15, 0.2) is 17.5 Å². The first-order valence-corrected chi connectivity index (χ1v) is 12.1. The third-order valence-electron chi connectivity index (χ3n) is 6.64. The molecule has 180 valence electrons. The molecule has 0 spiro atoms. The molecule has 1 aliphatic carbocycles. The standard InChI is InChI=1S/C28H27ClF4O/c1-2-34-21-11-9-20(10-12-21)23-14-13-22(26(29)27(23)32)19-7-5-17(6-8-19)3-4-18-15-24(30)28(33)25(31)16-18/h5-8,13-16,20-21H,2-4,9-12H2,1H3. The molecule has 4 rings (SSSR count). The van der Waals surface area contributed by atoms with Crippen molar-refractivity contribution in [2.75, 3.05) is 6.61 Å². The van der Waals surface area contributed by atoms with Crippen LogP contribution in [0.25, 0.3) is 11.1 Å². The van der Waals surface area contributed by atoms with E-state index >= 15 is 4.39 Å². The Kier molecular flexibility index (Phi) is 7.95. The van der Waals surface area contributed by atoms with Crippen LogP contribution in [0.4, 0.5) is 17.6 Å². The van der Waals surface area contributed by atoms with Crippen molar-refractivity contribution in [3.63, 3.8) is 0 Å². The molecular formula is C28H27ClF4O. The van der Waals surface area contributed by atoms with Gasteiger partial charge in [-0.25, -0.2) is 17.6 Å². The van der Waals surface area contributed by atoms with Crippen LogP contribution in [-0.2, 0) is 17.6 Å². The van der Waals surface area contributed by atoms with E-state index < -0.39 is 17.5 Å². The SMILES string of the molecule is CCOC1CCC(c2ccc(-c3ccc(CCc4cc(F)c(F)c(F)c4)cc3)c(Cl)c2F)CC1. The summed E-state index contributed by atoms with van der Waals surface area (Å²) in [5.41, 5.74) is 3.40. The summed E-state index contributed by atoms with van der Waals surface area (Å²) in [5, 5.41) is 0.120. The summed E-state index contributed by atoms with van der Waals surface area (Å²) in [6.07, 6.45) is 4.77. The smallest absolute Gasteiger partial charge is 0.194 e. The van der Waals surface area contributed by atoms with Crippen LogP contribution >= 0.6 is 11.6 Å². The third-order valence-corrected chi connectivity index (χ3v) is 7.01. The van der Waals surface area contributed by atoms with Gasteiger partial charge in [-0.3, -0.25) is 0 Å². The Labute approximate surface area is 202 Å². The van der Waals surface area contributed by atoms with Crippen LogP contribution in [0.5, 0.6) is 0 Å². The second-order valence-corrected chi connectivity index (χ2v) is 9.21. The fourth-order valence-electron chi connectivity index (χ4n) is 4.77. The second-order valence-electron chi connectivity index (χ2n) is 8.83. The minimum Gasteiger partial charge on any atom is -0.379 e. The molecule has 1 aliphatic rings. The number of hydrogen-bond donors (Lipinski definition) is 0. The predicted molar refractivity (Wildman–Crippen MR) is 127 cm³/mol. The van der Waals surface area contributed by atoms with Crippen LogP contribution in [0, 0.1) is 23.3 Å². The lowest BCUT2D eigenvalue weighted by Gasteiger charge is -2.29. The monoisotopic (exact) mass is 490 g/mol. The van der Waals surface area contributed by atoms with E-state index in [0.29, 0.717) is 36.1 Å². The van der Waals surface area contributed by atoms with Crippen molar-refractivity contribution < 1.29 is 22.3 Å². The zero-order chi connectivity index (χ0) is 24.2. The van der Waals surface area contributed by atoms with Crippen molar-refractivity contribution >= 4 is 11.6 Å². The molecule has 1 saturated carbocycles. The summed E-state index contributed by atoms with van der Waals surface area (Å²) < 4.78 is 60.8. The van der Waals surface area contributed by atoms with Crippen LogP contribution in [-0.4, -0.2) is 12.7 Å². The van der Waals surface area contributed by atoms with Crippen LogP contribution in [0.1, 0.15) is 55.2 Å². The largest absolute Gasteiger partial charge is 0.379 e. The molecule has 3 aromatic rings. The Bertz CT molecular complexity index is 1110. The molecule has 0 saturated heterocycles. The van der Waals surface area contributed by atoms with E-state index in [-0.39, 0.29) is 22.9 Å². The molecule has 0 heterocycles. The highest BCUT2D eigenvalue weighted by molar-refractivity contribution is 6.33. The van der Waals surface area contributed by atoms with E-state index in [9.17, 15) is 13.2 Å². The first kappa shape index (κ1) is 24.7. The van der Waals surface area contributed by atoms with Gasteiger partial charge in [-0.2, -0.15) is 0 Å². The summed E-state index contributed by atoms with van der Waals surface area (Å²) in [5.74, 6) is -4.04. The van der Waals surface area contributed by atoms with Crippen LogP contribution in [0.15, 0.2) is 48.5 Å². The summed E-state index contributed by atoms with van der Waals surface area (Å²) in [6.45, 7) is 2.69. The van der Waals surface area contributed by atoms with Gasteiger partial charge in [-0.05, 0) is 85.8 Å². The molecule has 1 nitrogen and oxygen atoms in total. The second kappa shape index (κ2) is 10.9. The van der Waals surface area contributed by atoms with Gasteiger partial charge in [0.1, 0.15) is 5.82 Å². The van der Waals surface area contributed by atoms with Crippen molar-refractivity contribution in [2.24, 2.45) is 0 Å². The van der Waals surface area contributed by atoms with Gasteiger partial charge in [0.25, 0.3) is 0 Å².